The number of fused-ring (bicyclic) bond motifs is 2. The van der Waals surface area contributed by atoms with E-state index in [0.717, 1.165) is 17.8 Å². The van der Waals surface area contributed by atoms with Gasteiger partial charge in [-0.05, 0) is 0 Å². The van der Waals surface area contributed by atoms with Gasteiger partial charge in [-0.15, -0.1) is 24.8 Å². The largest absolute Gasteiger partial charge is 0.147 e. The summed E-state index contributed by atoms with van der Waals surface area (Å²) in [6.45, 7) is 14.4. The van der Waals surface area contributed by atoms with E-state index in [4.69, 9.17) is 0 Å². The molecular weight excluding hydrogens is 779 g/mol. The smallest absolute Gasteiger partial charge is 0.147 e. The first-order chi connectivity index (χ1) is 24.3. The summed E-state index contributed by atoms with van der Waals surface area (Å²) >= 11 is -3.68. The molecule has 0 amide bonds. The second-order valence-electron chi connectivity index (χ2n) is 19.7. The second-order valence-corrected chi connectivity index (χ2v) is 50.1. The van der Waals surface area contributed by atoms with E-state index in [1.54, 1.807) is 27.8 Å². The average molecular weight is 839 g/mol. The molecule has 4 bridgehead atoms. The van der Waals surface area contributed by atoms with Gasteiger partial charge in [0.05, 0.1) is 0 Å². The zero-order valence-corrected chi connectivity index (χ0v) is 38.6. The van der Waals surface area contributed by atoms with Gasteiger partial charge in [0.25, 0.3) is 0 Å². The third-order valence-electron chi connectivity index (χ3n) is 14.7. The maximum atomic E-state index is 2.80. The van der Waals surface area contributed by atoms with Crippen molar-refractivity contribution in [2.75, 3.05) is 0 Å². The molecule has 6 aliphatic rings. The molecule has 0 aromatic heterocycles. The van der Waals surface area contributed by atoms with Gasteiger partial charge in [0.15, 0.2) is 0 Å². The van der Waals surface area contributed by atoms with Crippen LogP contribution in [-0.4, -0.2) is 6.88 Å². The Morgan fingerprint density at radius 3 is 1.57 bits per heavy atom. The minimum Gasteiger partial charge on any atom is -0.147 e. The third-order valence-corrected chi connectivity index (χ3v) is 32.3. The van der Waals surface area contributed by atoms with Crippen molar-refractivity contribution >= 4 is 43.8 Å². The number of hydrogen-bond donors (Lipinski definition) is 0. The summed E-state index contributed by atoms with van der Waals surface area (Å²) in [5, 5.41) is 0. The molecule has 4 heteroatoms. The molecule has 0 N–H and O–H groups in total. The third kappa shape index (κ3) is 6.33. The van der Waals surface area contributed by atoms with E-state index < -0.39 is 17.4 Å². The maximum Gasteiger partial charge on any atom is -0.147 e. The van der Waals surface area contributed by atoms with Gasteiger partial charge < -0.3 is 0 Å². The Balaban J connectivity index is 0.00000218. The Kier molecular flexibility index (Phi) is 10.3. The molecule has 278 valence electrons. The molecule has 6 aliphatic carbocycles. The van der Waals surface area contributed by atoms with Crippen LogP contribution in [0.25, 0.3) is 34.4 Å². The molecule has 0 saturated heterocycles. The van der Waals surface area contributed by atoms with Crippen LogP contribution in [-0.2, 0) is 22.8 Å². The molecule has 0 heterocycles. The molecule has 10 rings (SSSR count). The summed E-state index contributed by atoms with van der Waals surface area (Å²) in [6, 6.07) is 33.9. The average Bonchev–Trinajstić information content (AvgIpc) is 3.67. The van der Waals surface area contributed by atoms with Crippen molar-refractivity contribution in [2.24, 2.45) is 23.7 Å². The van der Waals surface area contributed by atoms with Crippen LogP contribution in [0, 0.1) is 23.7 Å². The Labute approximate surface area is 335 Å². The van der Waals surface area contributed by atoms with Crippen LogP contribution in [0.5, 0.6) is 0 Å². The molecule has 4 aromatic rings. The van der Waals surface area contributed by atoms with Gasteiger partial charge >= 0.3 is 313 Å². The van der Waals surface area contributed by atoms with Crippen molar-refractivity contribution in [3.8, 4) is 22.3 Å². The van der Waals surface area contributed by atoms with E-state index in [0.29, 0.717) is 24.5 Å². The van der Waals surface area contributed by atoms with E-state index >= 15 is 0 Å². The summed E-state index contributed by atoms with van der Waals surface area (Å²) in [6.07, 6.45) is 14.1. The van der Waals surface area contributed by atoms with Crippen LogP contribution >= 0.6 is 24.8 Å². The summed E-state index contributed by atoms with van der Waals surface area (Å²) in [5.74, 6) is 4.01. The fraction of sp³-hybridized carbons (Fsp3) is 0.429. The van der Waals surface area contributed by atoms with E-state index in [2.05, 4.69) is 148 Å². The monoisotopic (exact) mass is 836 g/mol. The van der Waals surface area contributed by atoms with E-state index in [9.17, 15) is 0 Å². The van der Waals surface area contributed by atoms with Gasteiger partial charge in [0, 0.05) is 0 Å². The first-order valence-electron chi connectivity index (χ1n) is 20.2. The van der Waals surface area contributed by atoms with E-state index in [-0.39, 0.29) is 24.8 Å². The Hall–Kier alpha value is -1.96. The second kappa shape index (κ2) is 13.9. The van der Waals surface area contributed by atoms with Gasteiger partial charge in [0.2, 0.25) is 0 Å². The van der Waals surface area contributed by atoms with Crippen molar-refractivity contribution in [3.63, 3.8) is 0 Å². The number of rotatable bonds is 7. The number of benzene rings is 4. The topological polar surface area (TPSA) is 0 Å². The molecule has 0 spiro atoms. The normalized spacial score (nSPS) is 26.9. The van der Waals surface area contributed by atoms with E-state index in [1.165, 1.54) is 77.5 Å². The van der Waals surface area contributed by atoms with Crippen molar-refractivity contribution in [1.29, 1.82) is 0 Å². The van der Waals surface area contributed by atoms with Gasteiger partial charge in [-0.2, -0.15) is 0 Å². The maximum absolute atomic E-state index is 3.68. The SMILES string of the molecule is CC1=Cc2c(-c3ccc(C45CC6CC(CC(C6)C4)C5)cc3)cccc2[CH]1[Zr]([CH3])([CH3])(=[SiH2])[CH]1C(C(C)C)=Cc2c(-c3ccc(C(C)C)cc3)cccc21.Cl.Cl. The van der Waals surface area contributed by atoms with Crippen LogP contribution < -0.4 is 0 Å². The van der Waals surface area contributed by atoms with Crippen LogP contribution in [0.4, 0.5) is 0 Å². The van der Waals surface area contributed by atoms with Crippen molar-refractivity contribution < 1.29 is 17.4 Å². The zero-order chi connectivity index (χ0) is 35.5. The summed E-state index contributed by atoms with van der Waals surface area (Å²) in [7, 11) is 0. The number of halogens is 2. The number of hydrogen-bond acceptors (Lipinski definition) is 0. The molecular formula is C49H60Cl2SiZr. The Morgan fingerprint density at radius 1 is 0.604 bits per heavy atom. The van der Waals surface area contributed by atoms with Gasteiger partial charge in [-0.3, -0.25) is 0 Å². The fourth-order valence-electron chi connectivity index (χ4n) is 13.0. The zero-order valence-electron chi connectivity index (χ0n) is 33.0. The number of allylic oxidation sites excluding steroid dienone is 2. The Bertz CT molecular complexity index is 2140. The minimum absolute atomic E-state index is 0. The first-order valence-corrected chi connectivity index (χ1v) is 33.9. The fourth-order valence-corrected chi connectivity index (χ4v) is 33.6. The summed E-state index contributed by atoms with van der Waals surface area (Å²) < 4.78 is 6.64. The standard InChI is InChI=1S/C26H27.C21H23.2CH3.2ClH.H2Si.Zr/c1-17-9-22-3-2-4-24(25(22)10-17)21-5-7-23(8-6-21)26-14-18-11-19(15-26)13-20(12-18)16-26;1-14(2)16-8-10-17(11-9-16)20-7-5-6-18-12-19(15(3)4)13-21(18)20;;;;;;/h2-10,18-20H,11-16H2,1H3;5-15H,1-4H3;2*1H3;2*1H;1H2;. The quantitative estimate of drug-likeness (QED) is 0.163. The van der Waals surface area contributed by atoms with Gasteiger partial charge in [-0.25, -0.2) is 0 Å². The molecule has 0 aliphatic heterocycles. The van der Waals surface area contributed by atoms with Gasteiger partial charge in [-0.1, -0.05) is 0 Å². The van der Waals surface area contributed by atoms with Crippen LogP contribution in [0.1, 0.15) is 120 Å². The summed E-state index contributed by atoms with van der Waals surface area (Å²) in [5.41, 5.74) is 18.5. The van der Waals surface area contributed by atoms with Gasteiger partial charge in [0.1, 0.15) is 0 Å². The molecule has 0 radical (unpaired) electrons. The van der Waals surface area contributed by atoms with Crippen molar-refractivity contribution in [1.82, 2.24) is 0 Å². The van der Waals surface area contributed by atoms with Crippen molar-refractivity contribution in [2.45, 2.75) is 101 Å². The Morgan fingerprint density at radius 2 is 1.08 bits per heavy atom. The molecule has 0 nitrogen and oxygen atoms in total. The van der Waals surface area contributed by atoms with Crippen molar-refractivity contribution in [3.05, 3.63) is 129 Å². The van der Waals surface area contributed by atoms with Crippen LogP contribution in [0.3, 0.4) is 0 Å². The molecule has 2 unspecified atom stereocenters. The molecule has 53 heavy (non-hydrogen) atoms. The predicted octanol–water partition coefficient (Wildman–Crippen LogP) is 14.0. The van der Waals surface area contributed by atoms with Crippen LogP contribution in [0.15, 0.2) is 96.1 Å². The molecule has 4 saturated carbocycles. The summed E-state index contributed by atoms with van der Waals surface area (Å²) in [4.78, 5) is 0. The molecule has 2 atom stereocenters. The van der Waals surface area contributed by atoms with E-state index in [1.807, 2.05) is 0 Å². The van der Waals surface area contributed by atoms with Crippen LogP contribution in [0.2, 0.25) is 9.26 Å². The first kappa shape index (κ1) is 39.3. The minimum atomic E-state index is -3.68. The molecule has 4 aromatic carbocycles. The predicted molar refractivity (Wildman–Crippen MR) is 234 cm³/mol. The molecule has 4 fully saturated rings.